The zero-order chi connectivity index (χ0) is 14.9. The number of furan rings is 1. The standard InChI is InChI=1S/C20H13ClO/c21-18-11-16(14-6-2-1-3-7-14)10-17(12-18)20-13-15-8-4-5-9-19(15)22-20/h1-13H. The van der Waals surface area contributed by atoms with Gasteiger partial charge in [-0.25, -0.2) is 0 Å². The van der Waals surface area contributed by atoms with E-state index in [1.165, 1.54) is 0 Å². The van der Waals surface area contributed by atoms with Crippen molar-refractivity contribution in [2.24, 2.45) is 0 Å². The highest BCUT2D eigenvalue weighted by Crippen LogP contribution is 2.33. The maximum absolute atomic E-state index is 6.31. The van der Waals surface area contributed by atoms with Crippen molar-refractivity contribution in [3.63, 3.8) is 0 Å². The molecule has 1 nitrogen and oxygen atoms in total. The van der Waals surface area contributed by atoms with Crippen molar-refractivity contribution in [1.82, 2.24) is 0 Å². The van der Waals surface area contributed by atoms with Crippen LogP contribution in [0.25, 0.3) is 33.4 Å². The van der Waals surface area contributed by atoms with E-state index in [1.54, 1.807) is 0 Å². The summed E-state index contributed by atoms with van der Waals surface area (Å²) in [4.78, 5) is 0. The molecule has 0 aliphatic carbocycles. The number of hydrogen-bond acceptors (Lipinski definition) is 1. The first-order chi connectivity index (χ1) is 10.8. The average Bonchev–Trinajstić information content (AvgIpc) is 2.99. The van der Waals surface area contributed by atoms with E-state index < -0.39 is 0 Å². The minimum Gasteiger partial charge on any atom is -0.456 e. The quantitative estimate of drug-likeness (QED) is 0.416. The summed E-state index contributed by atoms with van der Waals surface area (Å²) in [5, 5.41) is 1.80. The number of rotatable bonds is 2. The largest absolute Gasteiger partial charge is 0.456 e. The van der Waals surface area contributed by atoms with Crippen LogP contribution >= 0.6 is 11.6 Å². The van der Waals surface area contributed by atoms with Crippen molar-refractivity contribution in [3.05, 3.63) is 83.9 Å². The van der Waals surface area contributed by atoms with E-state index in [2.05, 4.69) is 24.3 Å². The molecular formula is C20H13ClO. The third-order valence-electron chi connectivity index (χ3n) is 3.71. The fraction of sp³-hybridized carbons (Fsp3) is 0. The Kier molecular flexibility index (Phi) is 3.21. The maximum atomic E-state index is 6.31. The first-order valence-electron chi connectivity index (χ1n) is 7.14. The third kappa shape index (κ3) is 2.40. The second-order valence-corrected chi connectivity index (χ2v) is 5.68. The van der Waals surface area contributed by atoms with Gasteiger partial charge in [-0.15, -0.1) is 0 Å². The normalized spacial score (nSPS) is 11.0. The van der Waals surface area contributed by atoms with Crippen LogP contribution in [-0.4, -0.2) is 0 Å². The molecule has 0 bridgehead atoms. The molecule has 1 heterocycles. The summed E-state index contributed by atoms with van der Waals surface area (Å²) in [6.07, 6.45) is 0. The minimum atomic E-state index is 0.705. The first kappa shape index (κ1) is 13.2. The van der Waals surface area contributed by atoms with Crippen LogP contribution in [0, 0.1) is 0 Å². The molecule has 0 radical (unpaired) electrons. The Balaban J connectivity index is 1.86. The Morgan fingerprint density at radius 3 is 2.18 bits per heavy atom. The molecule has 0 aliphatic rings. The Bertz CT molecular complexity index is 905. The Morgan fingerprint density at radius 2 is 1.36 bits per heavy atom. The summed E-state index contributed by atoms with van der Waals surface area (Å²) in [6.45, 7) is 0. The molecule has 0 spiro atoms. The highest BCUT2D eigenvalue weighted by molar-refractivity contribution is 6.31. The molecule has 4 aromatic rings. The van der Waals surface area contributed by atoms with E-state index in [0.29, 0.717) is 5.02 Å². The van der Waals surface area contributed by atoms with E-state index in [4.69, 9.17) is 16.0 Å². The van der Waals surface area contributed by atoms with Crippen LogP contribution in [0.1, 0.15) is 0 Å². The molecule has 4 rings (SSSR count). The van der Waals surface area contributed by atoms with Crippen LogP contribution in [-0.2, 0) is 0 Å². The Labute approximate surface area is 133 Å². The molecule has 3 aromatic carbocycles. The summed E-state index contributed by atoms with van der Waals surface area (Å²) < 4.78 is 5.94. The minimum absolute atomic E-state index is 0.705. The third-order valence-corrected chi connectivity index (χ3v) is 3.93. The lowest BCUT2D eigenvalue weighted by molar-refractivity contribution is 0.631. The van der Waals surface area contributed by atoms with Gasteiger partial charge in [-0.1, -0.05) is 60.1 Å². The van der Waals surface area contributed by atoms with Gasteiger partial charge in [0.15, 0.2) is 0 Å². The molecule has 22 heavy (non-hydrogen) atoms. The lowest BCUT2D eigenvalue weighted by Gasteiger charge is -2.05. The van der Waals surface area contributed by atoms with Gasteiger partial charge in [0.25, 0.3) is 0 Å². The summed E-state index contributed by atoms with van der Waals surface area (Å²) >= 11 is 6.31. The van der Waals surface area contributed by atoms with Gasteiger partial charge in [0.1, 0.15) is 11.3 Å². The van der Waals surface area contributed by atoms with Crippen LogP contribution < -0.4 is 0 Å². The van der Waals surface area contributed by atoms with Crippen LogP contribution in [0.5, 0.6) is 0 Å². The Morgan fingerprint density at radius 1 is 0.636 bits per heavy atom. The lowest BCUT2D eigenvalue weighted by Crippen LogP contribution is -1.80. The molecule has 0 fully saturated rings. The summed E-state index contributed by atoms with van der Waals surface area (Å²) in [6, 6.07) is 26.3. The number of halogens is 1. The van der Waals surface area contributed by atoms with Gasteiger partial charge in [0.2, 0.25) is 0 Å². The predicted octanol–water partition coefficient (Wildman–Crippen LogP) is 6.42. The molecule has 0 N–H and O–H groups in total. The van der Waals surface area contributed by atoms with Crippen molar-refractivity contribution in [2.45, 2.75) is 0 Å². The van der Waals surface area contributed by atoms with Crippen LogP contribution in [0.2, 0.25) is 5.02 Å². The molecule has 1 aromatic heterocycles. The van der Waals surface area contributed by atoms with Crippen LogP contribution in [0.15, 0.2) is 83.3 Å². The van der Waals surface area contributed by atoms with Crippen molar-refractivity contribution in [2.75, 3.05) is 0 Å². The lowest BCUT2D eigenvalue weighted by atomic mass is 10.0. The molecule has 106 valence electrons. The molecular weight excluding hydrogens is 292 g/mol. The Hall–Kier alpha value is -2.51. The SMILES string of the molecule is Clc1cc(-c2ccccc2)cc(-c2cc3ccccc3o2)c1. The maximum Gasteiger partial charge on any atom is 0.135 e. The van der Waals surface area contributed by atoms with Crippen molar-refractivity contribution in [1.29, 1.82) is 0 Å². The number of fused-ring (bicyclic) bond motifs is 1. The highest BCUT2D eigenvalue weighted by Gasteiger charge is 2.09. The van der Waals surface area contributed by atoms with E-state index in [-0.39, 0.29) is 0 Å². The fourth-order valence-corrected chi connectivity index (χ4v) is 2.89. The van der Waals surface area contributed by atoms with Gasteiger partial charge in [-0.05, 0) is 41.5 Å². The van der Waals surface area contributed by atoms with E-state index in [9.17, 15) is 0 Å². The topological polar surface area (TPSA) is 13.1 Å². The molecule has 0 unspecified atom stereocenters. The van der Waals surface area contributed by atoms with Crippen molar-refractivity contribution >= 4 is 22.6 Å². The van der Waals surface area contributed by atoms with E-state index in [0.717, 1.165) is 33.4 Å². The zero-order valence-corrected chi connectivity index (χ0v) is 12.5. The zero-order valence-electron chi connectivity index (χ0n) is 11.8. The summed E-state index contributed by atoms with van der Waals surface area (Å²) in [5.74, 6) is 0.834. The molecule has 0 saturated carbocycles. The molecule has 0 atom stereocenters. The van der Waals surface area contributed by atoms with Gasteiger partial charge in [-0.3, -0.25) is 0 Å². The van der Waals surface area contributed by atoms with Gasteiger partial charge in [0, 0.05) is 16.0 Å². The highest BCUT2D eigenvalue weighted by atomic mass is 35.5. The molecule has 0 amide bonds. The van der Waals surface area contributed by atoms with E-state index in [1.807, 2.05) is 54.6 Å². The molecule has 0 saturated heterocycles. The van der Waals surface area contributed by atoms with Crippen molar-refractivity contribution in [3.8, 4) is 22.5 Å². The van der Waals surface area contributed by atoms with Gasteiger partial charge < -0.3 is 4.42 Å². The number of para-hydroxylation sites is 1. The number of hydrogen-bond donors (Lipinski definition) is 0. The summed E-state index contributed by atoms with van der Waals surface area (Å²) in [7, 11) is 0. The second kappa shape index (κ2) is 5.36. The number of benzene rings is 3. The molecule has 2 heteroatoms. The first-order valence-corrected chi connectivity index (χ1v) is 7.52. The van der Waals surface area contributed by atoms with Gasteiger partial charge in [-0.2, -0.15) is 0 Å². The molecule has 0 aliphatic heterocycles. The van der Waals surface area contributed by atoms with Crippen LogP contribution in [0.3, 0.4) is 0 Å². The monoisotopic (exact) mass is 304 g/mol. The van der Waals surface area contributed by atoms with Crippen molar-refractivity contribution < 1.29 is 4.42 Å². The van der Waals surface area contributed by atoms with Gasteiger partial charge in [0.05, 0.1) is 0 Å². The average molecular weight is 305 g/mol. The predicted molar refractivity (Wildman–Crippen MR) is 92.1 cm³/mol. The van der Waals surface area contributed by atoms with Crippen LogP contribution in [0.4, 0.5) is 0 Å². The fourth-order valence-electron chi connectivity index (χ4n) is 2.65. The van der Waals surface area contributed by atoms with E-state index >= 15 is 0 Å². The smallest absolute Gasteiger partial charge is 0.135 e. The summed E-state index contributed by atoms with van der Waals surface area (Å²) in [5.41, 5.74) is 4.10. The van der Waals surface area contributed by atoms with Gasteiger partial charge >= 0.3 is 0 Å². The second-order valence-electron chi connectivity index (χ2n) is 5.24.